The Morgan fingerprint density at radius 2 is 1.45 bits per heavy atom. The minimum Gasteiger partial charge on any atom is -0.436 e. The molecule has 0 N–H and O–H groups in total. The SMILES string of the molecule is C1=C(c2cc(-c3cc4c(cn3)oc3nc5cccnc5cc34)nc(-c3cccc4c3sc3ccccc34)n2)c2sc3ccccc3c2CC1. The lowest BCUT2D eigenvalue weighted by Gasteiger charge is -2.16. The second-order valence-electron chi connectivity index (χ2n) is 12.4. The van der Waals surface area contributed by atoms with E-state index >= 15 is 0 Å². The lowest BCUT2D eigenvalue weighted by molar-refractivity contribution is 0.654. The molecule has 0 radical (unpaired) electrons. The number of aromatic nitrogens is 5. The fourth-order valence-electron chi connectivity index (χ4n) is 7.23. The molecule has 1 aliphatic carbocycles. The lowest BCUT2D eigenvalue weighted by Crippen LogP contribution is -2.03. The van der Waals surface area contributed by atoms with E-state index < -0.39 is 0 Å². The Bertz CT molecular complexity index is 3020. The molecule has 11 rings (SSSR count). The van der Waals surface area contributed by atoms with Crippen molar-refractivity contribution in [2.24, 2.45) is 0 Å². The summed E-state index contributed by atoms with van der Waals surface area (Å²) in [5.74, 6) is 0.689. The molecule has 0 bridgehead atoms. The van der Waals surface area contributed by atoms with Gasteiger partial charge in [-0.2, -0.15) is 0 Å². The maximum atomic E-state index is 6.17. The Morgan fingerprint density at radius 1 is 0.612 bits per heavy atom. The Hall–Kier alpha value is -5.83. The first-order valence-electron chi connectivity index (χ1n) is 16.2. The van der Waals surface area contributed by atoms with Crippen molar-refractivity contribution in [2.75, 3.05) is 0 Å². The largest absolute Gasteiger partial charge is 0.436 e. The van der Waals surface area contributed by atoms with Crippen molar-refractivity contribution in [3.63, 3.8) is 0 Å². The Balaban J connectivity index is 1.16. The van der Waals surface area contributed by atoms with Crippen molar-refractivity contribution in [1.29, 1.82) is 0 Å². The molecule has 0 atom stereocenters. The van der Waals surface area contributed by atoms with E-state index in [2.05, 4.69) is 89.9 Å². The summed E-state index contributed by atoms with van der Waals surface area (Å²) in [7, 11) is 0. The van der Waals surface area contributed by atoms with Crippen LogP contribution in [0.1, 0.15) is 22.6 Å². The molecule has 6 nitrogen and oxygen atoms in total. The number of hydrogen-bond donors (Lipinski definition) is 0. The summed E-state index contributed by atoms with van der Waals surface area (Å²) in [5.41, 5.74) is 8.86. The quantitative estimate of drug-likeness (QED) is 0.187. The fraction of sp³-hybridized carbons (Fsp3) is 0.0488. The summed E-state index contributed by atoms with van der Waals surface area (Å²) in [6.45, 7) is 0. The number of nitrogens with zero attached hydrogens (tertiary/aromatic N) is 5. The number of aryl methyl sites for hydroxylation is 1. The van der Waals surface area contributed by atoms with Crippen LogP contribution >= 0.6 is 22.7 Å². The van der Waals surface area contributed by atoms with Crippen LogP contribution in [0, 0.1) is 0 Å². The van der Waals surface area contributed by atoms with Crippen molar-refractivity contribution in [3.8, 4) is 22.8 Å². The highest BCUT2D eigenvalue weighted by atomic mass is 32.1. The van der Waals surface area contributed by atoms with Gasteiger partial charge in [0.15, 0.2) is 11.4 Å². The molecular weight excluding hydrogens is 643 g/mol. The molecule has 0 fully saturated rings. The first-order valence-corrected chi connectivity index (χ1v) is 17.8. The third-order valence-corrected chi connectivity index (χ3v) is 12.0. The van der Waals surface area contributed by atoms with E-state index in [1.54, 1.807) is 23.7 Å². The molecule has 0 unspecified atom stereocenters. The van der Waals surface area contributed by atoms with Gasteiger partial charge in [0.25, 0.3) is 0 Å². The topological polar surface area (TPSA) is 77.6 Å². The van der Waals surface area contributed by atoms with E-state index in [0.29, 0.717) is 17.1 Å². The summed E-state index contributed by atoms with van der Waals surface area (Å²) in [6.07, 6.45) is 7.90. The third-order valence-electron chi connectivity index (χ3n) is 9.51. The van der Waals surface area contributed by atoms with E-state index in [1.807, 2.05) is 29.5 Å². The molecule has 7 heterocycles. The van der Waals surface area contributed by atoms with E-state index in [0.717, 1.165) is 62.9 Å². The maximum Gasteiger partial charge on any atom is 0.228 e. The molecular formula is C41H23N5OS2. The number of allylic oxidation sites excluding steroid dienone is 1. The minimum atomic E-state index is 0.569. The molecule has 1 aliphatic rings. The van der Waals surface area contributed by atoms with Crippen molar-refractivity contribution in [2.45, 2.75) is 12.8 Å². The van der Waals surface area contributed by atoms with Crippen molar-refractivity contribution >= 4 is 91.6 Å². The van der Waals surface area contributed by atoms with Crippen LogP contribution in [0.2, 0.25) is 0 Å². The van der Waals surface area contributed by atoms with E-state index in [1.165, 1.54) is 40.7 Å². The van der Waals surface area contributed by atoms with Crippen LogP contribution in [0.15, 0.2) is 120 Å². The fourth-order valence-corrected chi connectivity index (χ4v) is 9.74. The molecule has 10 aromatic rings. The van der Waals surface area contributed by atoms with Crippen molar-refractivity contribution in [3.05, 3.63) is 132 Å². The molecule has 230 valence electrons. The van der Waals surface area contributed by atoms with Gasteiger partial charge in [0.1, 0.15) is 0 Å². The van der Waals surface area contributed by atoms with Crippen LogP contribution in [0.4, 0.5) is 0 Å². The van der Waals surface area contributed by atoms with Crippen LogP contribution in [-0.2, 0) is 6.42 Å². The zero-order chi connectivity index (χ0) is 32.1. The Kier molecular flexibility index (Phi) is 5.73. The van der Waals surface area contributed by atoms with Gasteiger partial charge in [0.05, 0.1) is 39.7 Å². The molecule has 0 saturated carbocycles. The minimum absolute atomic E-state index is 0.569. The summed E-state index contributed by atoms with van der Waals surface area (Å²) in [5, 5.41) is 5.64. The predicted octanol–water partition coefficient (Wildman–Crippen LogP) is 11.0. The number of rotatable bonds is 3. The smallest absolute Gasteiger partial charge is 0.228 e. The van der Waals surface area contributed by atoms with Crippen LogP contribution in [-0.4, -0.2) is 24.9 Å². The average molecular weight is 666 g/mol. The molecule has 0 amide bonds. The number of fused-ring (bicyclic) bond motifs is 10. The second-order valence-corrected chi connectivity index (χ2v) is 14.5. The number of pyridine rings is 3. The van der Waals surface area contributed by atoms with E-state index in [-0.39, 0.29) is 0 Å². The van der Waals surface area contributed by atoms with Gasteiger partial charge in [-0.3, -0.25) is 9.97 Å². The maximum absolute atomic E-state index is 6.17. The van der Waals surface area contributed by atoms with Gasteiger partial charge in [-0.05, 0) is 72.3 Å². The number of thiophene rings is 2. The molecule has 7 aromatic heterocycles. The van der Waals surface area contributed by atoms with Crippen LogP contribution in [0.3, 0.4) is 0 Å². The normalized spacial score (nSPS) is 13.3. The van der Waals surface area contributed by atoms with Gasteiger partial charge in [-0.25, -0.2) is 15.0 Å². The van der Waals surface area contributed by atoms with Gasteiger partial charge < -0.3 is 4.42 Å². The molecule has 3 aromatic carbocycles. The highest BCUT2D eigenvalue weighted by Gasteiger charge is 2.24. The van der Waals surface area contributed by atoms with Crippen LogP contribution < -0.4 is 0 Å². The first-order chi connectivity index (χ1) is 24.2. The average Bonchev–Trinajstić information content (AvgIpc) is 3.84. The number of benzene rings is 3. The number of furan rings is 1. The molecule has 0 aliphatic heterocycles. The van der Waals surface area contributed by atoms with Crippen molar-refractivity contribution in [1.82, 2.24) is 24.9 Å². The second kappa shape index (κ2) is 10.3. The molecule has 8 heteroatoms. The lowest BCUT2D eigenvalue weighted by atomic mass is 9.93. The highest BCUT2D eigenvalue weighted by molar-refractivity contribution is 7.26. The van der Waals surface area contributed by atoms with Gasteiger partial charge >= 0.3 is 0 Å². The van der Waals surface area contributed by atoms with Gasteiger partial charge in [-0.15, -0.1) is 22.7 Å². The van der Waals surface area contributed by atoms with Crippen LogP contribution in [0.25, 0.3) is 91.7 Å². The Morgan fingerprint density at radius 3 is 2.39 bits per heavy atom. The standard InChI is InChI=1S/C41H23N5OS2/c1-3-15-36-22(8-1)24-10-5-12-26(38(24)48-36)31-20-34(45-40(44-31)27-13-6-11-25-23-9-2-4-16-37(23)49-39(25)27)33-18-28-29-19-32-30(14-7-17-42-32)46-41(29)47-35(28)21-43-33/h1-4,6-9,11-21H,5,10H2. The monoisotopic (exact) mass is 665 g/mol. The highest BCUT2D eigenvalue weighted by Crippen LogP contribution is 2.44. The number of hydrogen-bond acceptors (Lipinski definition) is 8. The van der Waals surface area contributed by atoms with E-state index in [4.69, 9.17) is 24.4 Å². The van der Waals surface area contributed by atoms with Crippen LogP contribution in [0.5, 0.6) is 0 Å². The summed E-state index contributed by atoms with van der Waals surface area (Å²) in [6, 6.07) is 33.8. The summed E-state index contributed by atoms with van der Waals surface area (Å²) < 4.78 is 9.91. The predicted molar refractivity (Wildman–Crippen MR) is 201 cm³/mol. The molecule has 0 saturated heterocycles. The molecule has 49 heavy (non-hydrogen) atoms. The summed E-state index contributed by atoms with van der Waals surface area (Å²) >= 11 is 3.64. The van der Waals surface area contributed by atoms with Gasteiger partial charge in [0.2, 0.25) is 5.71 Å². The van der Waals surface area contributed by atoms with Gasteiger partial charge in [-0.1, -0.05) is 54.6 Å². The molecule has 0 spiro atoms. The van der Waals surface area contributed by atoms with Crippen molar-refractivity contribution < 1.29 is 4.42 Å². The zero-order valence-electron chi connectivity index (χ0n) is 25.8. The zero-order valence-corrected chi connectivity index (χ0v) is 27.5. The summed E-state index contributed by atoms with van der Waals surface area (Å²) in [4.78, 5) is 26.1. The van der Waals surface area contributed by atoms with E-state index in [9.17, 15) is 0 Å². The Labute approximate surface area is 287 Å². The van der Waals surface area contributed by atoms with Gasteiger partial charge in [0, 0.05) is 52.5 Å². The first kappa shape index (κ1) is 27.2. The third kappa shape index (κ3) is 4.14.